The maximum absolute atomic E-state index is 12.3. The molecule has 0 aromatic heterocycles. The average Bonchev–Trinajstić information content (AvgIpc) is 2.60. The van der Waals surface area contributed by atoms with Crippen LogP contribution in [-0.2, 0) is 25.6 Å². The Labute approximate surface area is 150 Å². The van der Waals surface area contributed by atoms with Crippen LogP contribution < -0.4 is 0 Å². The minimum atomic E-state index is -0.244. The summed E-state index contributed by atoms with van der Waals surface area (Å²) in [5.74, 6) is -0.184. The smallest absolute Gasteiger partial charge is 0.308 e. The number of carbonyl (C=O) groups excluding carboxylic acids is 1. The Bertz CT molecular complexity index is 569. The Hall–Kier alpha value is -1.65. The van der Waals surface area contributed by atoms with Gasteiger partial charge in [-0.25, -0.2) is 0 Å². The van der Waals surface area contributed by atoms with Crippen LogP contribution >= 0.6 is 0 Å². The van der Waals surface area contributed by atoms with E-state index in [2.05, 4.69) is 12.2 Å². The maximum atomic E-state index is 12.3. The number of hydrogen-bond donors (Lipinski definition) is 0. The van der Waals surface area contributed by atoms with Crippen molar-refractivity contribution in [2.24, 2.45) is 0 Å². The van der Waals surface area contributed by atoms with E-state index >= 15 is 0 Å². The molecule has 0 N–H and O–H groups in total. The molecule has 1 aromatic rings. The monoisotopic (exact) mass is 344 g/mol. The number of esters is 1. The summed E-state index contributed by atoms with van der Waals surface area (Å²) < 4.78 is 17.8. The molecule has 2 aliphatic rings. The molecular formula is C21H28O4. The molecule has 0 spiro atoms. The third-order valence-corrected chi connectivity index (χ3v) is 4.84. The lowest BCUT2D eigenvalue weighted by Gasteiger charge is -2.35. The van der Waals surface area contributed by atoms with Crippen molar-refractivity contribution in [1.82, 2.24) is 0 Å². The van der Waals surface area contributed by atoms with Crippen LogP contribution in [0.1, 0.15) is 51.0 Å². The second-order valence-electron chi connectivity index (χ2n) is 6.99. The van der Waals surface area contributed by atoms with E-state index < -0.39 is 0 Å². The molecule has 25 heavy (non-hydrogen) atoms. The maximum Gasteiger partial charge on any atom is 0.308 e. The fourth-order valence-electron chi connectivity index (χ4n) is 3.45. The van der Waals surface area contributed by atoms with Gasteiger partial charge >= 0.3 is 5.97 Å². The SMILES string of the molecule is C[C@H]1CCC/C=C\[C@H]2CC[C@H](OCc3ccccc3)[C@@H](CC(=O)O1)O2. The predicted molar refractivity (Wildman–Crippen MR) is 96.1 cm³/mol. The van der Waals surface area contributed by atoms with Crippen molar-refractivity contribution in [1.29, 1.82) is 0 Å². The highest BCUT2D eigenvalue weighted by Crippen LogP contribution is 2.27. The Balaban J connectivity index is 1.64. The molecule has 4 heteroatoms. The molecule has 136 valence electrons. The number of benzene rings is 1. The number of rotatable bonds is 3. The molecule has 0 aliphatic carbocycles. The summed E-state index contributed by atoms with van der Waals surface area (Å²) in [6, 6.07) is 10.1. The highest BCUT2D eigenvalue weighted by Gasteiger charge is 2.33. The van der Waals surface area contributed by atoms with E-state index in [-0.39, 0.29) is 36.8 Å². The number of carbonyl (C=O) groups is 1. The van der Waals surface area contributed by atoms with Crippen LogP contribution in [0.3, 0.4) is 0 Å². The van der Waals surface area contributed by atoms with Crippen molar-refractivity contribution in [3.05, 3.63) is 48.0 Å². The van der Waals surface area contributed by atoms with Gasteiger partial charge in [0.2, 0.25) is 0 Å². The first-order valence-electron chi connectivity index (χ1n) is 9.38. The Morgan fingerprint density at radius 3 is 2.84 bits per heavy atom. The van der Waals surface area contributed by atoms with Crippen LogP contribution in [0, 0.1) is 0 Å². The lowest BCUT2D eigenvalue weighted by molar-refractivity contribution is -0.165. The third kappa shape index (κ3) is 5.68. The largest absolute Gasteiger partial charge is 0.463 e. The van der Waals surface area contributed by atoms with Gasteiger partial charge in [-0.15, -0.1) is 0 Å². The second kappa shape index (κ2) is 9.16. The highest BCUT2D eigenvalue weighted by molar-refractivity contribution is 5.70. The number of ether oxygens (including phenoxy) is 3. The summed E-state index contributed by atoms with van der Waals surface area (Å²) in [5, 5.41) is 0. The van der Waals surface area contributed by atoms with E-state index in [0.29, 0.717) is 6.61 Å². The fraction of sp³-hybridized carbons (Fsp3) is 0.571. The zero-order valence-electron chi connectivity index (χ0n) is 14.9. The van der Waals surface area contributed by atoms with Crippen LogP contribution in [-0.4, -0.2) is 30.4 Å². The van der Waals surface area contributed by atoms with Crippen molar-refractivity contribution in [3.8, 4) is 0 Å². The summed E-state index contributed by atoms with van der Waals surface area (Å²) in [7, 11) is 0. The van der Waals surface area contributed by atoms with Gasteiger partial charge in [-0.2, -0.15) is 0 Å². The number of allylic oxidation sites excluding steroid dienone is 1. The molecule has 2 heterocycles. The van der Waals surface area contributed by atoms with Crippen molar-refractivity contribution in [2.45, 2.75) is 76.5 Å². The molecule has 3 rings (SSSR count). The standard InChI is InChI=1S/C21H28O4/c1-16-8-4-2-7-11-18-12-13-19(20(25-18)14-21(22)24-16)23-15-17-9-5-3-6-10-17/h3,5-7,9-11,16,18-20H,2,4,8,12-15H2,1H3/b11-7-/t16-,18-,19-,20+/m0/s1. The molecule has 2 aliphatic heterocycles. The highest BCUT2D eigenvalue weighted by atomic mass is 16.6. The summed E-state index contributed by atoms with van der Waals surface area (Å²) in [6.07, 6.45) is 9.09. The van der Waals surface area contributed by atoms with Crippen LogP contribution in [0.25, 0.3) is 0 Å². The second-order valence-corrected chi connectivity index (χ2v) is 6.99. The molecule has 1 fully saturated rings. The van der Waals surface area contributed by atoms with Gasteiger partial charge in [0.15, 0.2) is 0 Å². The van der Waals surface area contributed by atoms with Gasteiger partial charge in [0.1, 0.15) is 0 Å². The number of fused-ring (bicyclic) bond motifs is 2. The lowest BCUT2D eigenvalue weighted by atomic mass is 9.97. The molecule has 0 saturated carbocycles. The van der Waals surface area contributed by atoms with Gasteiger partial charge in [0.05, 0.1) is 37.4 Å². The zero-order valence-corrected chi connectivity index (χ0v) is 14.9. The Kier molecular flexibility index (Phi) is 6.65. The van der Waals surface area contributed by atoms with Crippen molar-refractivity contribution in [3.63, 3.8) is 0 Å². The van der Waals surface area contributed by atoms with E-state index in [1.165, 1.54) is 0 Å². The van der Waals surface area contributed by atoms with Crippen LogP contribution in [0.4, 0.5) is 0 Å². The number of hydrogen-bond acceptors (Lipinski definition) is 4. The van der Waals surface area contributed by atoms with E-state index in [1.807, 2.05) is 37.3 Å². The molecule has 0 unspecified atom stereocenters. The molecule has 2 bridgehead atoms. The van der Waals surface area contributed by atoms with Crippen molar-refractivity contribution >= 4 is 5.97 Å². The summed E-state index contributed by atoms with van der Waals surface area (Å²) in [5.41, 5.74) is 1.13. The molecule has 1 saturated heterocycles. The van der Waals surface area contributed by atoms with Crippen LogP contribution in [0.2, 0.25) is 0 Å². The van der Waals surface area contributed by atoms with Gasteiger partial charge in [0, 0.05) is 0 Å². The van der Waals surface area contributed by atoms with Crippen molar-refractivity contribution in [2.75, 3.05) is 0 Å². The van der Waals surface area contributed by atoms with Gasteiger partial charge < -0.3 is 14.2 Å². The van der Waals surface area contributed by atoms with Gasteiger partial charge in [0.25, 0.3) is 0 Å². The van der Waals surface area contributed by atoms with E-state index in [9.17, 15) is 4.79 Å². The first-order valence-corrected chi connectivity index (χ1v) is 9.38. The van der Waals surface area contributed by atoms with Crippen LogP contribution in [0.15, 0.2) is 42.5 Å². The summed E-state index contributed by atoms with van der Waals surface area (Å²) >= 11 is 0. The Morgan fingerprint density at radius 2 is 2.00 bits per heavy atom. The normalized spacial score (nSPS) is 32.1. The number of cyclic esters (lactones) is 1. The molecule has 0 amide bonds. The Morgan fingerprint density at radius 1 is 1.16 bits per heavy atom. The molecule has 1 aromatic carbocycles. The van der Waals surface area contributed by atoms with Gasteiger partial charge in [-0.1, -0.05) is 42.5 Å². The fourth-order valence-corrected chi connectivity index (χ4v) is 3.45. The molecule has 4 nitrogen and oxygen atoms in total. The predicted octanol–water partition coefficient (Wildman–Crippen LogP) is 4.18. The van der Waals surface area contributed by atoms with E-state index in [4.69, 9.17) is 14.2 Å². The average molecular weight is 344 g/mol. The first-order chi connectivity index (χ1) is 12.2. The quantitative estimate of drug-likeness (QED) is 0.609. The minimum Gasteiger partial charge on any atom is -0.463 e. The topological polar surface area (TPSA) is 44.8 Å². The zero-order chi connectivity index (χ0) is 17.5. The third-order valence-electron chi connectivity index (χ3n) is 4.84. The minimum absolute atomic E-state index is 0.0385. The molecule has 4 atom stereocenters. The van der Waals surface area contributed by atoms with E-state index in [1.54, 1.807) is 0 Å². The van der Waals surface area contributed by atoms with Gasteiger partial charge in [-0.3, -0.25) is 4.79 Å². The van der Waals surface area contributed by atoms with Gasteiger partial charge in [-0.05, 0) is 44.6 Å². The lowest BCUT2D eigenvalue weighted by Crippen LogP contribution is -2.41. The summed E-state index contributed by atoms with van der Waals surface area (Å²) in [4.78, 5) is 12.3. The summed E-state index contributed by atoms with van der Waals surface area (Å²) in [6.45, 7) is 2.50. The molecular weight excluding hydrogens is 316 g/mol. The van der Waals surface area contributed by atoms with Crippen molar-refractivity contribution < 1.29 is 19.0 Å². The van der Waals surface area contributed by atoms with Crippen LogP contribution in [0.5, 0.6) is 0 Å². The first kappa shape index (κ1) is 18.2. The van der Waals surface area contributed by atoms with E-state index in [0.717, 1.165) is 37.7 Å². The molecule has 0 radical (unpaired) electrons.